The zero-order valence-electron chi connectivity index (χ0n) is 16.4. The number of aromatic nitrogens is 1. The van der Waals surface area contributed by atoms with Gasteiger partial charge in [0.2, 0.25) is 0 Å². The fourth-order valence-electron chi connectivity index (χ4n) is 3.59. The van der Waals surface area contributed by atoms with Crippen LogP contribution in [0.4, 0.5) is 5.82 Å². The summed E-state index contributed by atoms with van der Waals surface area (Å²) in [4.78, 5) is 8.63. The highest BCUT2D eigenvalue weighted by atomic mass is 16.5. The largest absolute Gasteiger partial charge is 0.385 e. The first-order valence-electron chi connectivity index (χ1n) is 9.86. The van der Waals surface area contributed by atoms with E-state index in [9.17, 15) is 0 Å². The number of ether oxygens (including phenoxy) is 1. The second kappa shape index (κ2) is 11.7. The normalized spacial score (nSPS) is 16.5. The summed E-state index contributed by atoms with van der Waals surface area (Å²) in [7, 11) is 3.63. The maximum absolute atomic E-state index is 5.31. The molecule has 0 aromatic carbocycles. The number of aliphatic imine (C=N–C) groups is 1. The Hall–Kier alpha value is -1.82. The number of rotatable bonds is 11. The molecule has 3 N–H and O–H groups in total. The van der Waals surface area contributed by atoms with Crippen molar-refractivity contribution in [2.45, 2.75) is 44.9 Å². The van der Waals surface area contributed by atoms with Gasteiger partial charge < -0.3 is 20.7 Å². The molecule has 0 atom stereocenters. The fraction of sp³-hybridized carbons (Fsp3) is 0.700. The minimum Gasteiger partial charge on any atom is -0.385 e. The topological polar surface area (TPSA) is 70.6 Å². The van der Waals surface area contributed by atoms with Crippen molar-refractivity contribution < 1.29 is 4.74 Å². The van der Waals surface area contributed by atoms with Gasteiger partial charge in [0.05, 0.1) is 0 Å². The lowest BCUT2D eigenvalue weighted by Crippen LogP contribution is -2.43. The van der Waals surface area contributed by atoms with Crippen LogP contribution >= 0.6 is 0 Å². The molecule has 6 nitrogen and oxygen atoms in total. The predicted octanol–water partition coefficient (Wildman–Crippen LogP) is 3.04. The standard InChI is InChI=1S/C20H35N5O/c1-21-19(25-17-20(12-16-26-2)10-4-5-11-20)24-15-8-7-14-23-18-9-3-6-13-22-18/h3,6,9,13H,4-5,7-8,10-12,14-17H2,1-2H3,(H,22,23)(H2,21,24,25). The van der Waals surface area contributed by atoms with Crippen molar-refractivity contribution in [2.24, 2.45) is 10.4 Å². The summed E-state index contributed by atoms with van der Waals surface area (Å²) in [6.45, 7) is 3.69. The maximum Gasteiger partial charge on any atom is 0.190 e. The number of nitrogens with one attached hydrogen (secondary N) is 3. The molecule has 0 aliphatic heterocycles. The van der Waals surface area contributed by atoms with E-state index in [1.54, 1.807) is 7.11 Å². The first kappa shape index (κ1) is 20.5. The van der Waals surface area contributed by atoms with Crippen LogP contribution in [0.1, 0.15) is 44.9 Å². The Kier molecular flexibility index (Phi) is 9.24. The molecule has 1 heterocycles. The lowest BCUT2D eigenvalue weighted by Gasteiger charge is -2.30. The van der Waals surface area contributed by atoms with Crippen LogP contribution in [-0.4, -0.2) is 51.3 Å². The third-order valence-electron chi connectivity index (χ3n) is 5.22. The van der Waals surface area contributed by atoms with Crippen molar-refractivity contribution >= 4 is 11.8 Å². The van der Waals surface area contributed by atoms with Gasteiger partial charge in [-0.2, -0.15) is 0 Å². The van der Waals surface area contributed by atoms with E-state index >= 15 is 0 Å². The highest BCUT2D eigenvalue weighted by Crippen LogP contribution is 2.40. The van der Waals surface area contributed by atoms with Crippen LogP contribution in [-0.2, 0) is 4.74 Å². The zero-order chi connectivity index (χ0) is 18.5. The van der Waals surface area contributed by atoms with Crippen LogP contribution in [0, 0.1) is 5.41 Å². The highest BCUT2D eigenvalue weighted by Gasteiger charge is 2.33. The van der Waals surface area contributed by atoms with Crippen LogP contribution in [0.5, 0.6) is 0 Å². The number of guanidine groups is 1. The number of unbranched alkanes of at least 4 members (excludes halogenated alkanes) is 1. The van der Waals surface area contributed by atoms with Crippen LogP contribution in [0.15, 0.2) is 29.4 Å². The Bertz CT molecular complexity index is 514. The van der Waals surface area contributed by atoms with Crippen molar-refractivity contribution in [1.29, 1.82) is 0 Å². The predicted molar refractivity (Wildman–Crippen MR) is 109 cm³/mol. The Labute approximate surface area is 158 Å². The average molecular weight is 362 g/mol. The Morgan fingerprint density at radius 1 is 1.19 bits per heavy atom. The summed E-state index contributed by atoms with van der Waals surface area (Å²) in [6.07, 6.45) is 10.4. The Balaban J connectivity index is 1.60. The van der Waals surface area contributed by atoms with E-state index in [4.69, 9.17) is 4.74 Å². The number of pyridine rings is 1. The lowest BCUT2D eigenvalue weighted by atomic mass is 9.83. The fourth-order valence-corrected chi connectivity index (χ4v) is 3.59. The molecule has 1 aliphatic rings. The molecule has 1 saturated carbocycles. The zero-order valence-corrected chi connectivity index (χ0v) is 16.4. The summed E-state index contributed by atoms with van der Waals surface area (Å²) in [5.41, 5.74) is 0.375. The molecule has 0 radical (unpaired) electrons. The van der Waals surface area contributed by atoms with E-state index in [0.29, 0.717) is 5.41 Å². The molecule has 146 valence electrons. The van der Waals surface area contributed by atoms with Gasteiger partial charge in [0.15, 0.2) is 5.96 Å². The lowest BCUT2D eigenvalue weighted by molar-refractivity contribution is 0.138. The summed E-state index contributed by atoms with van der Waals surface area (Å²) in [5, 5.41) is 10.3. The maximum atomic E-state index is 5.31. The van der Waals surface area contributed by atoms with Gasteiger partial charge in [-0.05, 0) is 49.7 Å². The molecule has 0 amide bonds. The summed E-state index contributed by atoms with van der Waals surface area (Å²) in [6, 6.07) is 5.92. The van der Waals surface area contributed by atoms with Gasteiger partial charge in [-0.25, -0.2) is 4.98 Å². The number of nitrogens with zero attached hydrogens (tertiary/aromatic N) is 2. The van der Waals surface area contributed by atoms with Crippen LogP contribution < -0.4 is 16.0 Å². The molecule has 0 bridgehead atoms. The first-order valence-corrected chi connectivity index (χ1v) is 9.86. The van der Waals surface area contributed by atoms with E-state index in [0.717, 1.165) is 57.3 Å². The third-order valence-corrected chi connectivity index (χ3v) is 5.22. The van der Waals surface area contributed by atoms with E-state index in [-0.39, 0.29) is 0 Å². The molecule has 0 saturated heterocycles. The number of hydrogen-bond acceptors (Lipinski definition) is 4. The second-order valence-electron chi connectivity index (χ2n) is 7.15. The first-order chi connectivity index (χ1) is 12.8. The SMILES string of the molecule is CN=C(NCCCCNc1ccccn1)NCC1(CCOC)CCCC1. The van der Waals surface area contributed by atoms with E-state index in [1.165, 1.54) is 25.7 Å². The summed E-state index contributed by atoms with van der Waals surface area (Å²) >= 11 is 0. The van der Waals surface area contributed by atoms with Gasteiger partial charge in [-0.1, -0.05) is 18.9 Å². The molecule has 0 unspecified atom stereocenters. The van der Waals surface area contributed by atoms with Gasteiger partial charge in [-0.15, -0.1) is 0 Å². The molecule has 1 aromatic heterocycles. The van der Waals surface area contributed by atoms with Crippen LogP contribution in [0.3, 0.4) is 0 Å². The molecule has 1 fully saturated rings. The van der Waals surface area contributed by atoms with Crippen molar-refractivity contribution in [2.75, 3.05) is 45.7 Å². The van der Waals surface area contributed by atoms with Gasteiger partial charge in [-0.3, -0.25) is 4.99 Å². The summed E-state index contributed by atoms with van der Waals surface area (Å²) in [5.74, 6) is 1.85. The van der Waals surface area contributed by atoms with Crippen LogP contribution in [0.2, 0.25) is 0 Å². The Morgan fingerprint density at radius 3 is 2.69 bits per heavy atom. The van der Waals surface area contributed by atoms with Crippen molar-refractivity contribution in [1.82, 2.24) is 15.6 Å². The summed E-state index contributed by atoms with van der Waals surface area (Å²) < 4.78 is 5.31. The van der Waals surface area contributed by atoms with Crippen molar-refractivity contribution in [3.05, 3.63) is 24.4 Å². The molecular weight excluding hydrogens is 326 g/mol. The van der Waals surface area contributed by atoms with E-state index < -0.39 is 0 Å². The number of methoxy groups -OCH3 is 1. The van der Waals surface area contributed by atoms with E-state index in [1.807, 2.05) is 31.4 Å². The Morgan fingerprint density at radius 2 is 2.00 bits per heavy atom. The van der Waals surface area contributed by atoms with Gasteiger partial charge in [0.1, 0.15) is 5.82 Å². The van der Waals surface area contributed by atoms with Crippen molar-refractivity contribution in [3.8, 4) is 0 Å². The molecule has 1 aromatic rings. The minimum atomic E-state index is 0.375. The number of hydrogen-bond donors (Lipinski definition) is 3. The minimum absolute atomic E-state index is 0.375. The third kappa shape index (κ3) is 7.20. The number of anilines is 1. The molecule has 2 rings (SSSR count). The van der Waals surface area contributed by atoms with Crippen molar-refractivity contribution in [3.63, 3.8) is 0 Å². The molecule has 1 aliphatic carbocycles. The molecular formula is C20H35N5O. The van der Waals surface area contributed by atoms with E-state index in [2.05, 4.69) is 25.9 Å². The molecule has 26 heavy (non-hydrogen) atoms. The monoisotopic (exact) mass is 361 g/mol. The van der Waals surface area contributed by atoms with Crippen LogP contribution in [0.25, 0.3) is 0 Å². The van der Waals surface area contributed by atoms with Gasteiger partial charge in [0.25, 0.3) is 0 Å². The van der Waals surface area contributed by atoms with Gasteiger partial charge >= 0.3 is 0 Å². The second-order valence-corrected chi connectivity index (χ2v) is 7.15. The smallest absolute Gasteiger partial charge is 0.190 e. The highest BCUT2D eigenvalue weighted by molar-refractivity contribution is 5.79. The quantitative estimate of drug-likeness (QED) is 0.321. The molecule has 6 heteroatoms. The van der Waals surface area contributed by atoms with Gasteiger partial charge in [0, 0.05) is 46.6 Å². The average Bonchev–Trinajstić information content (AvgIpc) is 3.15. The molecule has 0 spiro atoms.